The molecule has 0 unspecified atom stereocenters. The molecule has 2 N–H and O–H groups in total. The first-order chi connectivity index (χ1) is 7.17. The molecule has 15 heavy (non-hydrogen) atoms. The van der Waals surface area contributed by atoms with Crippen molar-refractivity contribution < 1.29 is 0 Å². The highest BCUT2D eigenvalue weighted by Gasteiger charge is 2.08. The van der Waals surface area contributed by atoms with Gasteiger partial charge >= 0.3 is 0 Å². The molecule has 0 spiro atoms. The highest BCUT2D eigenvalue weighted by Crippen LogP contribution is 2.13. The third-order valence-electron chi connectivity index (χ3n) is 1.84. The topological polar surface area (TPSA) is 62.7 Å². The molecule has 1 aromatic rings. The third kappa shape index (κ3) is 3.34. The lowest BCUT2D eigenvalue weighted by molar-refractivity contribution is 0.762. The van der Waals surface area contributed by atoms with Gasteiger partial charge in [-0.15, -0.1) is 0 Å². The molecule has 0 aliphatic heterocycles. The van der Waals surface area contributed by atoms with Crippen molar-refractivity contribution in [3.63, 3.8) is 0 Å². The van der Waals surface area contributed by atoms with E-state index in [9.17, 15) is 0 Å². The molecule has 5 heteroatoms. The van der Waals surface area contributed by atoms with E-state index in [1.54, 1.807) is 0 Å². The predicted octanol–water partition coefficient (Wildman–Crippen LogP) is 1.86. The van der Waals surface area contributed by atoms with Gasteiger partial charge in [-0.25, -0.2) is 0 Å². The summed E-state index contributed by atoms with van der Waals surface area (Å²) >= 11 is 0. The number of rotatable bonds is 5. The molecular weight excluding hydrogens is 190 g/mol. The van der Waals surface area contributed by atoms with Crippen LogP contribution in [-0.4, -0.2) is 28.0 Å². The predicted molar refractivity (Wildman–Crippen MR) is 62.2 cm³/mol. The molecule has 84 valence electrons. The van der Waals surface area contributed by atoms with Gasteiger partial charge < -0.3 is 10.6 Å². The van der Waals surface area contributed by atoms with Crippen molar-refractivity contribution in [3.8, 4) is 0 Å². The van der Waals surface area contributed by atoms with Crippen LogP contribution >= 0.6 is 0 Å². The molecule has 5 nitrogen and oxygen atoms in total. The summed E-state index contributed by atoms with van der Waals surface area (Å²) < 4.78 is 0. The Bertz CT molecular complexity index is 286. The fraction of sp³-hybridized carbons (Fsp3) is 0.700. The monoisotopic (exact) mass is 209 g/mol. The molecule has 0 aliphatic carbocycles. The van der Waals surface area contributed by atoms with Crippen molar-refractivity contribution in [2.45, 2.75) is 33.6 Å². The van der Waals surface area contributed by atoms with Crippen LogP contribution in [-0.2, 0) is 0 Å². The van der Waals surface area contributed by atoms with E-state index >= 15 is 0 Å². The molecule has 0 fully saturated rings. The molecule has 0 aliphatic rings. The second kappa shape index (κ2) is 5.48. The van der Waals surface area contributed by atoms with E-state index in [4.69, 9.17) is 0 Å². The minimum atomic E-state index is 0.308. The molecule has 0 radical (unpaired) electrons. The van der Waals surface area contributed by atoms with Crippen LogP contribution in [0.25, 0.3) is 0 Å². The summed E-state index contributed by atoms with van der Waals surface area (Å²) in [6.45, 7) is 9.80. The standard InChI is InChI=1S/C10H19N5/c1-5-11-9-13-8(7(3)4)14-10(15-9)12-6-2/h7H,5-6H2,1-4H3,(H2,11,12,13,14,15). The Balaban J connectivity index is 2.97. The van der Waals surface area contributed by atoms with E-state index in [1.807, 2.05) is 13.8 Å². The molecular formula is C10H19N5. The minimum absolute atomic E-state index is 0.308. The quantitative estimate of drug-likeness (QED) is 0.775. The molecule has 1 heterocycles. The highest BCUT2D eigenvalue weighted by atomic mass is 15.2. The van der Waals surface area contributed by atoms with Gasteiger partial charge in [0.15, 0.2) is 0 Å². The van der Waals surface area contributed by atoms with Crippen LogP contribution in [0.3, 0.4) is 0 Å². The van der Waals surface area contributed by atoms with Gasteiger partial charge in [-0.1, -0.05) is 13.8 Å². The first kappa shape index (κ1) is 11.7. The second-order valence-electron chi connectivity index (χ2n) is 3.56. The Hall–Kier alpha value is -1.39. The molecule has 0 amide bonds. The third-order valence-corrected chi connectivity index (χ3v) is 1.84. The van der Waals surface area contributed by atoms with E-state index in [0.29, 0.717) is 17.8 Å². The Kier molecular flexibility index (Phi) is 4.27. The zero-order valence-corrected chi connectivity index (χ0v) is 9.83. The van der Waals surface area contributed by atoms with Gasteiger partial charge in [-0.2, -0.15) is 15.0 Å². The summed E-state index contributed by atoms with van der Waals surface area (Å²) in [5, 5.41) is 6.20. The van der Waals surface area contributed by atoms with Crippen molar-refractivity contribution in [2.75, 3.05) is 23.7 Å². The Morgan fingerprint density at radius 1 is 0.933 bits per heavy atom. The van der Waals surface area contributed by atoms with Crippen LogP contribution in [0.5, 0.6) is 0 Å². The van der Waals surface area contributed by atoms with Crippen LogP contribution in [0.1, 0.15) is 39.4 Å². The van der Waals surface area contributed by atoms with Gasteiger partial charge in [0.2, 0.25) is 11.9 Å². The van der Waals surface area contributed by atoms with Crippen LogP contribution in [0.2, 0.25) is 0 Å². The summed E-state index contributed by atoms with van der Waals surface area (Å²) in [5.74, 6) is 2.42. The number of aromatic nitrogens is 3. The molecule has 0 saturated carbocycles. The Morgan fingerprint density at radius 3 is 1.73 bits per heavy atom. The van der Waals surface area contributed by atoms with Gasteiger partial charge in [0.1, 0.15) is 5.82 Å². The van der Waals surface area contributed by atoms with E-state index in [-0.39, 0.29) is 0 Å². The maximum absolute atomic E-state index is 4.33. The van der Waals surface area contributed by atoms with Crippen molar-refractivity contribution in [1.82, 2.24) is 15.0 Å². The number of nitrogens with zero attached hydrogens (tertiary/aromatic N) is 3. The minimum Gasteiger partial charge on any atom is -0.354 e. The molecule has 0 aromatic carbocycles. The average Bonchev–Trinajstić information content (AvgIpc) is 2.18. The van der Waals surface area contributed by atoms with Gasteiger partial charge in [0, 0.05) is 19.0 Å². The summed E-state index contributed by atoms with van der Waals surface area (Å²) in [5.41, 5.74) is 0. The summed E-state index contributed by atoms with van der Waals surface area (Å²) in [4.78, 5) is 12.9. The fourth-order valence-electron chi connectivity index (χ4n) is 1.12. The van der Waals surface area contributed by atoms with Gasteiger partial charge in [-0.05, 0) is 13.8 Å². The summed E-state index contributed by atoms with van der Waals surface area (Å²) in [6, 6.07) is 0. The lowest BCUT2D eigenvalue weighted by atomic mass is 10.2. The maximum Gasteiger partial charge on any atom is 0.227 e. The van der Waals surface area contributed by atoms with Crippen LogP contribution in [0, 0.1) is 0 Å². The SMILES string of the molecule is CCNc1nc(NCC)nc(C(C)C)n1. The lowest BCUT2D eigenvalue weighted by Crippen LogP contribution is -2.11. The van der Waals surface area contributed by atoms with Gasteiger partial charge in [0.05, 0.1) is 0 Å². The number of hydrogen-bond donors (Lipinski definition) is 2. The maximum atomic E-state index is 4.33. The number of hydrogen-bond acceptors (Lipinski definition) is 5. The Labute approximate surface area is 90.7 Å². The average molecular weight is 209 g/mol. The Morgan fingerprint density at radius 2 is 1.40 bits per heavy atom. The zero-order chi connectivity index (χ0) is 11.3. The van der Waals surface area contributed by atoms with E-state index in [1.165, 1.54) is 0 Å². The molecule has 0 saturated heterocycles. The number of nitrogens with one attached hydrogen (secondary N) is 2. The largest absolute Gasteiger partial charge is 0.354 e. The lowest BCUT2D eigenvalue weighted by Gasteiger charge is -2.09. The van der Waals surface area contributed by atoms with Crippen LogP contribution < -0.4 is 10.6 Å². The van der Waals surface area contributed by atoms with Crippen molar-refractivity contribution in [2.24, 2.45) is 0 Å². The van der Waals surface area contributed by atoms with Crippen molar-refractivity contribution in [1.29, 1.82) is 0 Å². The van der Waals surface area contributed by atoms with E-state index in [2.05, 4.69) is 39.4 Å². The molecule has 0 bridgehead atoms. The highest BCUT2D eigenvalue weighted by molar-refractivity contribution is 5.34. The van der Waals surface area contributed by atoms with Crippen molar-refractivity contribution in [3.05, 3.63) is 5.82 Å². The molecule has 1 rings (SSSR count). The molecule has 0 atom stereocenters. The smallest absolute Gasteiger partial charge is 0.227 e. The van der Waals surface area contributed by atoms with Crippen LogP contribution in [0.15, 0.2) is 0 Å². The van der Waals surface area contributed by atoms with Crippen molar-refractivity contribution >= 4 is 11.9 Å². The van der Waals surface area contributed by atoms with Gasteiger partial charge in [-0.3, -0.25) is 0 Å². The second-order valence-corrected chi connectivity index (χ2v) is 3.56. The normalized spacial score (nSPS) is 10.5. The van der Waals surface area contributed by atoms with Gasteiger partial charge in [0.25, 0.3) is 0 Å². The fourth-order valence-corrected chi connectivity index (χ4v) is 1.12. The first-order valence-corrected chi connectivity index (χ1v) is 5.41. The van der Waals surface area contributed by atoms with E-state index < -0.39 is 0 Å². The summed E-state index contributed by atoms with van der Waals surface area (Å²) in [6.07, 6.45) is 0. The first-order valence-electron chi connectivity index (χ1n) is 5.41. The van der Waals surface area contributed by atoms with E-state index in [0.717, 1.165) is 18.9 Å². The van der Waals surface area contributed by atoms with Crippen LogP contribution in [0.4, 0.5) is 11.9 Å². The molecule has 1 aromatic heterocycles. The zero-order valence-electron chi connectivity index (χ0n) is 9.83. The number of anilines is 2. The summed E-state index contributed by atoms with van der Waals surface area (Å²) in [7, 11) is 0.